The van der Waals surface area contributed by atoms with Crippen LogP contribution in [-0.4, -0.2) is 33.5 Å². The van der Waals surface area contributed by atoms with Crippen molar-refractivity contribution in [2.24, 2.45) is 0 Å². The normalized spacial score (nSPS) is 11.2. The zero-order valence-corrected chi connectivity index (χ0v) is 13.0. The number of carboxylic acid groups (broad SMARTS) is 2. The molecule has 1 aromatic heterocycles. The molecule has 0 spiro atoms. The SMILES string of the molecule is Cc1cc(OC(F)(F)F)ccc1-c1c(C(=O)O)c(N)[nH]c(=O)c1C(=O)O. The van der Waals surface area contributed by atoms with E-state index in [0.717, 1.165) is 18.2 Å². The van der Waals surface area contributed by atoms with Crippen LogP contribution in [0.4, 0.5) is 19.0 Å². The van der Waals surface area contributed by atoms with Crippen molar-refractivity contribution >= 4 is 17.8 Å². The summed E-state index contributed by atoms with van der Waals surface area (Å²) in [6.45, 7) is 1.30. The number of halogens is 3. The smallest absolute Gasteiger partial charge is 0.478 e. The molecule has 0 atom stereocenters. The monoisotopic (exact) mass is 372 g/mol. The van der Waals surface area contributed by atoms with Gasteiger partial charge in [-0.2, -0.15) is 0 Å². The van der Waals surface area contributed by atoms with Gasteiger partial charge in [0.1, 0.15) is 22.7 Å². The molecule has 0 saturated carbocycles. The Balaban J connectivity index is 2.81. The molecule has 2 rings (SSSR count). The van der Waals surface area contributed by atoms with Gasteiger partial charge in [0.05, 0.1) is 0 Å². The quantitative estimate of drug-likeness (QED) is 0.644. The van der Waals surface area contributed by atoms with Crippen LogP contribution < -0.4 is 16.0 Å². The van der Waals surface area contributed by atoms with E-state index in [2.05, 4.69) is 4.74 Å². The first-order chi connectivity index (χ1) is 11.9. The molecule has 138 valence electrons. The van der Waals surface area contributed by atoms with E-state index < -0.39 is 52.1 Å². The van der Waals surface area contributed by atoms with Crippen molar-refractivity contribution in [2.75, 3.05) is 5.73 Å². The molecule has 1 heterocycles. The zero-order valence-electron chi connectivity index (χ0n) is 13.0. The van der Waals surface area contributed by atoms with E-state index in [1.807, 2.05) is 4.98 Å². The number of nitrogen functional groups attached to an aromatic ring is 1. The number of alkyl halides is 3. The summed E-state index contributed by atoms with van der Waals surface area (Å²) in [7, 11) is 0. The molecule has 0 saturated heterocycles. The number of carbonyl (C=O) groups is 2. The van der Waals surface area contributed by atoms with E-state index in [-0.39, 0.29) is 11.1 Å². The maximum absolute atomic E-state index is 12.3. The van der Waals surface area contributed by atoms with Gasteiger partial charge in [-0.3, -0.25) is 4.79 Å². The summed E-state index contributed by atoms with van der Waals surface area (Å²) in [5.41, 5.74) is 2.20. The number of hydrogen-bond acceptors (Lipinski definition) is 5. The van der Waals surface area contributed by atoms with Gasteiger partial charge in [0.2, 0.25) is 0 Å². The number of carboxylic acids is 2. The minimum Gasteiger partial charge on any atom is -0.478 e. The number of pyridine rings is 1. The van der Waals surface area contributed by atoms with Gasteiger partial charge in [-0.25, -0.2) is 9.59 Å². The van der Waals surface area contributed by atoms with Crippen molar-refractivity contribution in [3.05, 3.63) is 45.2 Å². The third-order valence-corrected chi connectivity index (χ3v) is 3.37. The fourth-order valence-electron chi connectivity index (χ4n) is 2.43. The van der Waals surface area contributed by atoms with Gasteiger partial charge >= 0.3 is 18.3 Å². The summed E-state index contributed by atoms with van der Waals surface area (Å²) in [6, 6.07) is 2.81. The highest BCUT2D eigenvalue weighted by Gasteiger charge is 2.32. The first kappa shape index (κ1) is 18.8. The van der Waals surface area contributed by atoms with Crippen molar-refractivity contribution in [2.45, 2.75) is 13.3 Å². The molecule has 0 aliphatic carbocycles. The molecule has 5 N–H and O–H groups in total. The molecule has 0 fully saturated rings. The van der Waals surface area contributed by atoms with Crippen molar-refractivity contribution in [3.8, 4) is 16.9 Å². The molecular weight excluding hydrogens is 361 g/mol. The van der Waals surface area contributed by atoms with Crippen LogP contribution in [0.3, 0.4) is 0 Å². The summed E-state index contributed by atoms with van der Waals surface area (Å²) in [5.74, 6) is -4.52. The Kier molecular flexibility index (Phi) is 4.65. The molecule has 0 bridgehead atoms. The number of aromatic amines is 1. The Morgan fingerprint density at radius 1 is 1.15 bits per heavy atom. The first-order valence-electron chi connectivity index (χ1n) is 6.81. The van der Waals surface area contributed by atoms with E-state index in [1.165, 1.54) is 6.92 Å². The third-order valence-electron chi connectivity index (χ3n) is 3.37. The molecule has 0 aliphatic rings. The van der Waals surface area contributed by atoms with E-state index in [1.54, 1.807) is 0 Å². The van der Waals surface area contributed by atoms with E-state index in [0.29, 0.717) is 0 Å². The second kappa shape index (κ2) is 6.43. The number of anilines is 1. The predicted octanol–water partition coefficient (Wildman–Crippen LogP) is 2.23. The van der Waals surface area contributed by atoms with E-state index in [9.17, 15) is 37.8 Å². The number of rotatable bonds is 4. The van der Waals surface area contributed by atoms with E-state index in [4.69, 9.17) is 5.73 Å². The Bertz CT molecular complexity index is 965. The minimum absolute atomic E-state index is 0.0433. The highest BCUT2D eigenvalue weighted by Crippen LogP contribution is 2.34. The third kappa shape index (κ3) is 3.61. The van der Waals surface area contributed by atoms with Crippen LogP contribution in [0.15, 0.2) is 23.0 Å². The standard InChI is InChI=1S/C15H11F3N2O6/c1-5-4-6(26-15(16,17)18)2-3-7(5)8-9(13(22)23)11(19)20-12(21)10(8)14(24)25/h2-4H,1H3,(H,22,23)(H,24,25)(H3,19,20,21). The van der Waals surface area contributed by atoms with Gasteiger partial charge in [0, 0.05) is 5.56 Å². The molecule has 0 aliphatic heterocycles. The van der Waals surface area contributed by atoms with Crippen molar-refractivity contribution in [1.82, 2.24) is 4.98 Å². The lowest BCUT2D eigenvalue weighted by atomic mass is 9.92. The molecule has 1 aromatic carbocycles. The van der Waals surface area contributed by atoms with E-state index >= 15 is 0 Å². The van der Waals surface area contributed by atoms with Crippen molar-refractivity contribution in [3.63, 3.8) is 0 Å². The van der Waals surface area contributed by atoms with Gasteiger partial charge in [-0.15, -0.1) is 13.2 Å². The Hall–Kier alpha value is -3.50. The molecule has 0 amide bonds. The number of aromatic carboxylic acids is 2. The molecule has 0 radical (unpaired) electrons. The Labute approximate surface area is 142 Å². The number of ether oxygens (including phenoxy) is 1. The van der Waals surface area contributed by atoms with Crippen molar-refractivity contribution in [1.29, 1.82) is 0 Å². The number of nitrogens with two attached hydrogens (primary N) is 1. The number of benzene rings is 1. The maximum Gasteiger partial charge on any atom is 0.573 e. The molecule has 0 unspecified atom stereocenters. The largest absolute Gasteiger partial charge is 0.573 e. The summed E-state index contributed by atoms with van der Waals surface area (Å²) >= 11 is 0. The minimum atomic E-state index is -4.94. The second-order valence-corrected chi connectivity index (χ2v) is 5.13. The van der Waals surface area contributed by atoms with Crippen LogP contribution in [0, 0.1) is 6.92 Å². The fourth-order valence-corrected chi connectivity index (χ4v) is 2.43. The highest BCUT2D eigenvalue weighted by molar-refractivity contribution is 6.07. The number of nitrogens with one attached hydrogen (secondary N) is 1. The topological polar surface area (TPSA) is 143 Å². The summed E-state index contributed by atoms with van der Waals surface area (Å²) < 4.78 is 40.7. The molecule has 8 nitrogen and oxygen atoms in total. The molecular formula is C15H11F3N2O6. The lowest BCUT2D eigenvalue weighted by Crippen LogP contribution is -2.24. The summed E-state index contributed by atoms with van der Waals surface area (Å²) in [6.07, 6.45) is -4.94. The second-order valence-electron chi connectivity index (χ2n) is 5.13. The van der Waals surface area contributed by atoms with Crippen LogP contribution in [0.5, 0.6) is 5.75 Å². The van der Waals surface area contributed by atoms with Gasteiger partial charge in [-0.1, -0.05) is 6.07 Å². The molecule has 26 heavy (non-hydrogen) atoms. The van der Waals surface area contributed by atoms with Gasteiger partial charge in [0.25, 0.3) is 5.56 Å². The molecule has 11 heteroatoms. The lowest BCUT2D eigenvalue weighted by molar-refractivity contribution is -0.274. The Morgan fingerprint density at radius 3 is 2.19 bits per heavy atom. The summed E-state index contributed by atoms with van der Waals surface area (Å²) in [4.78, 5) is 36.8. The zero-order chi connectivity index (χ0) is 19.8. The van der Waals surface area contributed by atoms with Crippen LogP contribution in [0.25, 0.3) is 11.1 Å². The summed E-state index contributed by atoms with van der Waals surface area (Å²) in [5, 5.41) is 18.6. The fraction of sp³-hybridized carbons (Fsp3) is 0.133. The van der Waals surface area contributed by atoms with Gasteiger partial charge in [-0.05, 0) is 30.2 Å². The van der Waals surface area contributed by atoms with Gasteiger partial charge < -0.3 is 25.7 Å². The number of aromatic nitrogens is 1. The number of H-pyrrole nitrogens is 1. The van der Waals surface area contributed by atoms with Crippen LogP contribution in [0.2, 0.25) is 0 Å². The average Bonchev–Trinajstić information content (AvgIpc) is 2.43. The first-order valence-corrected chi connectivity index (χ1v) is 6.81. The number of aryl methyl sites for hydroxylation is 1. The average molecular weight is 372 g/mol. The number of hydrogen-bond donors (Lipinski definition) is 4. The molecule has 2 aromatic rings. The van der Waals surface area contributed by atoms with Crippen LogP contribution in [0.1, 0.15) is 26.3 Å². The van der Waals surface area contributed by atoms with Gasteiger partial charge in [0.15, 0.2) is 0 Å². The highest BCUT2D eigenvalue weighted by atomic mass is 19.4. The van der Waals surface area contributed by atoms with Crippen molar-refractivity contribution < 1.29 is 37.7 Å². The lowest BCUT2D eigenvalue weighted by Gasteiger charge is -2.15. The predicted molar refractivity (Wildman–Crippen MR) is 82.2 cm³/mol. The van der Waals surface area contributed by atoms with Crippen LogP contribution >= 0.6 is 0 Å². The maximum atomic E-state index is 12.3. The Morgan fingerprint density at radius 2 is 1.73 bits per heavy atom. The van der Waals surface area contributed by atoms with Crippen LogP contribution in [-0.2, 0) is 0 Å².